The number of sulfonamides is 1. The lowest BCUT2D eigenvalue weighted by molar-refractivity contribution is 0.580. The SMILES string of the molecule is CNc1ccncc1S(=O)(=O)NCc1ccccn1. The number of nitrogens with one attached hydrogen (secondary N) is 2. The first-order valence-corrected chi connectivity index (χ1v) is 7.13. The van der Waals surface area contributed by atoms with Crippen LogP contribution < -0.4 is 10.0 Å². The van der Waals surface area contributed by atoms with Crippen molar-refractivity contribution >= 4 is 15.7 Å². The molecule has 0 radical (unpaired) electrons. The molecule has 0 saturated heterocycles. The van der Waals surface area contributed by atoms with Crippen LogP contribution in [0, 0.1) is 0 Å². The third-order valence-electron chi connectivity index (χ3n) is 2.51. The van der Waals surface area contributed by atoms with Gasteiger partial charge in [0.1, 0.15) is 4.90 Å². The van der Waals surface area contributed by atoms with Crippen LogP contribution in [0.4, 0.5) is 5.69 Å². The lowest BCUT2D eigenvalue weighted by Crippen LogP contribution is -2.24. The zero-order valence-corrected chi connectivity index (χ0v) is 11.2. The zero-order valence-electron chi connectivity index (χ0n) is 10.4. The molecule has 2 N–H and O–H groups in total. The Bertz CT molecular complexity index is 644. The lowest BCUT2D eigenvalue weighted by Gasteiger charge is -2.10. The molecule has 0 atom stereocenters. The van der Waals surface area contributed by atoms with Gasteiger partial charge in [0.15, 0.2) is 0 Å². The van der Waals surface area contributed by atoms with E-state index in [9.17, 15) is 8.42 Å². The van der Waals surface area contributed by atoms with Crippen molar-refractivity contribution in [3.8, 4) is 0 Å². The van der Waals surface area contributed by atoms with Gasteiger partial charge >= 0.3 is 0 Å². The molecule has 2 heterocycles. The molecule has 0 unspecified atom stereocenters. The summed E-state index contributed by atoms with van der Waals surface area (Å²) < 4.78 is 26.8. The Morgan fingerprint density at radius 2 is 2.05 bits per heavy atom. The van der Waals surface area contributed by atoms with Gasteiger partial charge in [0, 0.05) is 25.6 Å². The van der Waals surface area contributed by atoms with E-state index in [0.717, 1.165) is 0 Å². The molecule has 0 aromatic carbocycles. The molecule has 0 aliphatic carbocycles. The Kier molecular flexibility index (Phi) is 4.08. The smallest absolute Gasteiger partial charge is 0.244 e. The third-order valence-corrected chi connectivity index (χ3v) is 3.94. The fourth-order valence-corrected chi connectivity index (χ4v) is 2.70. The molecular weight excluding hydrogens is 264 g/mol. The van der Waals surface area contributed by atoms with Crippen molar-refractivity contribution in [1.29, 1.82) is 0 Å². The minimum absolute atomic E-state index is 0.119. The number of pyridine rings is 2. The van der Waals surface area contributed by atoms with Gasteiger partial charge in [-0.25, -0.2) is 13.1 Å². The number of rotatable bonds is 5. The summed E-state index contributed by atoms with van der Waals surface area (Å²) in [5.41, 5.74) is 1.16. The second kappa shape index (κ2) is 5.77. The molecule has 0 aliphatic rings. The summed E-state index contributed by atoms with van der Waals surface area (Å²) in [6.07, 6.45) is 4.46. The maximum atomic E-state index is 12.2. The van der Waals surface area contributed by atoms with Crippen LogP contribution in [-0.2, 0) is 16.6 Å². The van der Waals surface area contributed by atoms with Gasteiger partial charge in [-0.3, -0.25) is 9.97 Å². The molecule has 2 aromatic heterocycles. The van der Waals surface area contributed by atoms with Crippen LogP contribution in [0.15, 0.2) is 47.8 Å². The first kappa shape index (κ1) is 13.4. The molecule has 6 nitrogen and oxygen atoms in total. The Morgan fingerprint density at radius 3 is 2.74 bits per heavy atom. The number of hydrogen-bond acceptors (Lipinski definition) is 5. The Morgan fingerprint density at radius 1 is 1.21 bits per heavy atom. The van der Waals surface area contributed by atoms with Crippen molar-refractivity contribution in [3.05, 3.63) is 48.5 Å². The minimum Gasteiger partial charge on any atom is -0.387 e. The molecule has 7 heteroatoms. The van der Waals surface area contributed by atoms with Crippen LogP contribution in [0.2, 0.25) is 0 Å². The van der Waals surface area contributed by atoms with Crippen LogP contribution in [0.1, 0.15) is 5.69 Å². The van der Waals surface area contributed by atoms with Crippen molar-refractivity contribution in [3.63, 3.8) is 0 Å². The number of hydrogen-bond donors (Lipinski definition) is 2. The van der Waals surface area contributed by atoms with Crippen LogP contribution in [0.25, 0.3) is 0 Å². The van der Waals surface area contributed by atoms with Gasteiger partial charge < -0.3 is 5.32 Å². The normalized spacial score (nSPS) is 11.2. The van der Waals surface area contributed by atoms with E-state index >= 15 is 0 Å². The van der Waals surface area contributed by atoms with Crippen LogP contribution in [-0.4, -0.2) is 25.4 Å². The summed E-state index contributed by atoms with van der Waals surface area (Å²) >= 11 is 0. The first-order valence-electron chi connectivity index (χ1n) is 5.65. The summed E-state index contributed by atoms with van der Waals surface area (Å²) in [4.78, 5) is 8.02. The van der Waals surface area contributed by atoms with Crippen LogP contribution in [0.3, 0.4) is 0 Å². The minimum atomic E-state index is -3.62. The Hall–Kier alpha value is -1.99. The molecule has 0 bridgehead atoms. The van der Waals surface area contributed by atoms with E-state index in [1.165, 1.54) is 12.4 Å². The summed E-state index contributed by atoms with van der Waals surface area (Å²) in [5, 5.41) is 2.83. The average Bonchev–Trinajstić information content (AvgIpc) is 2.46. The van der Waals surface area contributed by atoms with Gasteiger partial charge in [0.2, 0.25) is 10.0 Å². The highest BCUT2D eigenvalue weighted by Gasteiger charge is 2.18. The van der Waals surface area contributed by atoms with Crippen LogP contribution in [0.5, 0.6) is 0 Å². The topological polar surface area (TPSA) is 84.0 Å². The van der Waals surface area contributed by atoms with Crippen molar-refractivity contribution in [1.82, 2.24) is 14.7 Å². The Balaban J connectivity index is 2.19. The van der Waals surface area contributed by atoms with E-state index in [0.29, 0.717) is 11.4 Å². The monoisotopic (exact) mass is 278 g/mol. The molecular formula is C12H14N4O2S. The quantitative estimate of drug-likeness (QED) is 0.852. The van der Waals surface area contributed by atoms with Crippen molar-refractivity contribution in [2.75, 3.05) is 12.4 Å². The molecule has 0 aliphatic heterocycles. The van der Waals surface area contributed by atoms with E-state index in [-0.39, 0.29) is 11.4 Å². The number of anilines is 1. The molecule has 19 heavy (non-hydrogen) atoms. The largest absolute Gasteiger partial charge is 0.387 e. The highest BCUT2D eigenvalue weighted by atomic mass is 32.2. The molecule has 2 aromatic rings. The first-order chi connectivity index (χ1) is 9.13. The predicted octanol–water partition coefficient (Wildman–Crippen LogP) is 0.997. The maximum absolute atomic E-state index is 12.2. The van der Waals surface area contributed by atoms with E-state index in [1.54, 1.807) is 37.5 Å². The fraction of sp³-hybridized carbons (Fsp3) is 0.167. The highest BCUT2D eigenvalue weighted by molar-refractivity contribution is 7.89. The second-order valence-corrected chi connectivity index (χ2v) is 5.50. The fourth-order valence-electron chi connectivity index (χ4n) is 1.55. The van der Waals surface area contributed by atoms with Gasteiger partial charge in [-0.15, -0.1) is 0 Å². The number of nitrogens with zero attached hydrogens (tertiary/aromatic N) is 2. The third kappa shape index (κ3) is 3.27. The molecule has 0 spiro atoms. The standard InChI is InChI=1S/C12H14N4O2S/c1-13-11-5-7-14-9-12(11)19(17,18)16-8-10-4-2-3-6-15-10/h2-7,9,16H,8H2,1H3,(H,13,14). The van der Waals surface area contributed by atoms with Gasteiger partial charge in [-0.1, -0.05) is 6.07 Å². The van der Waals surface area contributed by atoms with Gasteiger partial charge in [-0.2, -0.15) is 0 Å². The second-order valence-electron chi connectivity index (χ2n) is 3.77. The van der Waals surface area contributed by atoms with E-state index < -0.39 is 10.0 Å². The molecule has 100 valence electrons. The van der Waals surface area contributed by atoms with Gasteiger partial charge in [0.05, 0.1) is 17.9 Å². The number of aromatic nitrogens is 2. The molecule has 0 fully saturated rings. The summed E-state index contributed by atoms with van der Waals surface area (Å²) in [7, 11) is -1.96. The van der Waals surface area contributed by atoms with E-state index in [2.05, 4.69) is 20.0 Å². The summed E-state index contributed by atoms with van der Waals surface area (Å²) in [6, 6.07) is 6.94. The van der Waals surface area contributed by atoms with E-state index in [1.807, 2.05) is 0 Å². The average molecular weight is 278 g/mol. The predicted molar refractivity (Wildman–Crippen MR) is 72.0 cm³/mol. The van der Waals surface area contributed by atoms with Crippen molar-refractivity contribution in [2.45, 2.75) is 11.4 Å². The highest BCUT2D eigenvalue weighted by Crippen LogP contribution is 2.18. The molecule has 2 rings (SSSR count). The van der Waals surface area contributed by atoms with Gasteiger partial charge in [0.25, 0.3) is 0 Å². The maximum Gasteiger partial charge on any atom is 0.244 e. The Labute approximate surface area is 112 Å². The summed E-state index contributed by atoms with van der Waals surface area (Å²) in [5.74, 6) is 0. The van der Waals surface area contributed by atoms with Crippen molar-refractivity contribution < 1.29 is 8.42 Å². The zero-order chi connectivity index (χ0) is 13.7. The van der Waals surface area contributed by atoms with Gasteiger partial charge in [-0.05, 0) is 18.2 Å². The summed E-state index contributed by atoms with van der Waals surface area (Å²) in [6.45, 7) is 0.140. The van der Waals surface area contributed by atoms with Crippen LogP contribution >= 0.6 is 0 Å². The molecule has 0 saturated carbocycles. The van der Waals surface area contributed by atoms with E-state index in [4.69, 9.17) is 0 Å². The molecule has 0 amide bonds. The lowest BCUT2D eigenvalue weighted by atomic mass is 10.4. The van der Waals surface area contributed by atoms with Crippen molar-refractivity contribution in [2.24, 2.45) is 0 Å².